The van der Waals surface area contributed by atoms with Gasteiger partial charge in [-0.25, -0.2) is 9.59 Å². The third kappa shape index (κ3) is 2.63. The number of hydrogen-bond donors (Lipinski definition) is 2. The molecule has 0 saturated heterocycles. The van der Waals surface area contributed by atoms with Crippen molar-refractivity contribution in [2.45, 2.75) is 0 Å². The minimum absolute atomic E-state index is 0. The van der Waals surface area contributed by atoms with Gasteiger partial charge in [-0.3, -0.25) is 0 Å². The van der Waals surface area contributed by atoms with Crippen molar-refractivity contribution in [3.05, 3.63) is 35.4 Å². The minimum Gasteiger partial charge on any atom is -0.478 e. The van der Waals surface area contributed by atoms with E-state index in [2.05, 4.69) is 0 Å². The largest absolute Gasteiger partial charge is 0.478 e. The average molecular weight is 267 g/mol. The molecule has 0 heterocycles. The van der Waals surface area contributed by atoms with Crippen molar-refractivity contribution in [3.8, 4) is 0 Å². The van der Waals surface area contributed by atoms with Gasteiger partial charge in [0, 0.05) is 19.5 Å². The number of aromatic carboxylic acids is 2. The van der Waals surface area contributed by atoms with Crippen LogP contribution in [0.1, 0.15) is 20.7 Å². The summed E-state index contributed by atoms with van der Waals surface area (Å²) in [6.07, 6.45) is 0. The maximum absolute atomic E-state index is 10.5. The Labute approximate surface area is 87.0 Å². The Balaban J connectivity index is 0.00000144. The molecule has 0 spiro atoms. The zero-order valence-electron chi connectivity index (χ0n) is 6.37. The van der Waals surface area contributed by atoms with Crippen molar-refractivity contribution < 1.29 is 39.3 Å². The molecule has 2 N–H and O–H groups in total. The van der Waals surface area contributed by atoms with Gasteiger partial charge in [0.25, 0.3) is 0 Å². The molecule has 0 aliphatic heterocycles. The molecule has 0 aromatic heterocycles. The van der Waals surface area contributed by atoms with E-state index in [0.717, 1.165) is 0 Å². The number of carboxylic acids is 2. The van der Waals surface area contributed by atoms with Gasteiger partial charge in [-0.05, 0) is 12.1 Å². The summed E-state index contributed by atoms with van der Waals surface area (Å²) in [5.74, 6) is -2.46. The van der Waals surface area contributed by atoms with Crippen LogP contribution in [-0.4, -0.2) is 22.2 Å². The summed E-state index contributed by atoms with van der Waals surface area (Å²) < 4.78 is 0. The molecule has 0 radical (unpaired) electrons. The molecule has 0 fully saturated rings. The van der Waals surface area contributed by atoms with Crippen LogP contribution in [0.5, 0.6) is 0 Å². The molecule has 0 amide bonds. The second kappa shape index (κ2) is 4.72. The minimum atomic E-state index is -1.23. The summed E-state index contributed by atoms with van der Waals surface area (Å²) in [7, 11) is 0. The predicted octanol–water partition coefficient (Wildman–Crippen LogP) is 1.08. The molecule has 0 unspecified atom stereocenters. The molecule has 1 aromatic carbocycles. The van der Waals surface area contributed by atoms with Gasteiger partial charge in [0.1, 0.15) is 0 Å². The van der Waals surface area contributed by atoms with Crippen LogP contribution in [0.3, 0.4) is 0 Å². The van der Waals surface area contributed by atoms with Crippen LogP contribution in [-0.2, 0) is 19.5 Å². The Hall–Kier alpha value is -1.22. The van der Waals surface area contributed by atoms with Crippen LogP contribution in [0.2, 0.25) is 0 Å². The molecular weight excluding hydrogens is 261 g/mol. The van der Waals surface area contributed by atoms with Gasteiger partial charge in [0.2, 0.25) is 0 Å². The van der Waals surface area contributed by atoms with Gasteiger partial charge >= 0.3 is 11.9 Å². The fourth-order valence-electron chi connectivity index (χ4n) is 0.856. The number of carboxylic acid groups (broad SMARTS) is 2. The van der Waals surface area contributed by atoms with E-state index >= 15 is 0 Å². The Morgan fingerprint density at radius 1 is 0.923 bits per heavy atom. The van der Waals surface area contributed by atoms with Crippen molar-refractivity contribution in [1.82, 2.24) is 0 Å². The van der Waals surface area contributed by atoms with Gasteiger partial charge in [-0.1, -0.05) is 12.1 Å². The Bertz CT molecular complexity index is 302. The second-order valence-electron chi connectivity index (χ2n) is 2.16. The van der Waals surface area contributed by atoms with Crippen LogP contribution in [0, 0.1) is 0 Å². The third-order valence-corrected chi connectivity index (χ3v) is 1.39. The van der Waals surface area contributed by atoms with Crippen LogP contribution in [0.25, 0.3) is 0 Å². The van der Waals surface area contributed by atoms with Crippen LogP contribution < -0.4 is 0 Å². The summed E-state index contributed by atoms with van der Waals surface area (Å²) in [5, 5.41) is 17.1. The van der Waals surface area contributed by atoms with Crippen LogP contribution in [0.4, 0.5) is 0 Å². The van der Waals surface area contributed by atoms with Crippen molar-refractivity contribution in [2.24, 2.45) is 0 Å². The summed E-state index contributed by atoms with van der Waals surface area (Å²) in [6.45, 7) is 0. The molecule has 1 aromatic rings. The Morgan fingerprint density at radius 3 is 1.46 bits per heavy atom. The molecule has 0 saturated carbocycles. The van der Waals surface area contributed by atoms with Crippen molar-refractivity contribution in [2.75, 3.05) is 0 Å². The number of rotatable bonds is 2. The average Bonchev–Trinajstić information content (AvgIpc) is 2.04. The Kier molecular flexibility index (Phi) is 4.28. The van der Waals surface area contributed by atoms with E-state index in [9.17, 15) is 9.59 Å². The fourth-order valence-corrected chi connectivity index (χ4v) is 0.856. The van der Waals surface area contributed by atoms with Crippen LogP contribution >= 0.6 is 0 Å². The predicted molar refractivity (Wildman–Crippen MR) is 40.4 cm³/mol. The zero-order chi connectivity index (χ0) is 9.14. The first-order valence-corrected chi connectivity index (χ1v) is 3.18. The molecule has 70 valence electrons. The Morgan fingerprint density at radius 2 is 1.23 bits per heavy atom. The first kappa shape index (κ1) is 11.8. The third-order valence-electron chi connectivity index (χ3n) is 1.39. The second-order valence-corrected chi connectivity index (χ2v) is 2.16. The SMILES string of the molecule is O=C(O)c1ccccc1C(=O)O.[Ru]. The van der Waals surface area contributed by atoms with E-state index in [1.807, 2.05) is 0 Å². The molecule has 0 aliphatic rings. The van der Waals surface area contributed by atoms with Crippen molar-refractivity contribution >= 4 is 11.9 Å². The van der Waals surface area contributed by atoms with Crippen LogP contribution in [0.15, 0.2) is 24.3 Å². The first-order valence-electron chi connectivity index (χ1n) is 3.18. The number of carbonyl (C=O) groups is 2. The summed E-state index contributed by atoms with van der Waals surface area (Å²) in [6, 6.07) is 5.48. The summed E-state index contributed by atoms with van der Waals surface area (Å²) in [4.78, 5) is 20.9. The van der Waals surface area contributed by atoms with Crippen molar-refractivity contribution in [1.29, 1.82) is 0 Å². The molecule has 5 heteroatoms. The van der Waals surface area contributed by atoms with Gasteiger partial charge in [0.15, 0.2) is 0 Å². The molecular formula is C8H6O4Ru. The smallest absolute Gasteiger partial charge is 0.336 e. The van der Waals surface area contributed by atoms with Gasteiger partial charge in [-0.15, -0.1) is 0 Å². The molecule has 0 atom stereocenters. The molecule has 0 aliphatic carbocycles. The quantitative estimate of drug-likeness (QED) is 0.786. The topological polar surface area (TPSA) is 74.6 Å². The van der Waals surface area contributed by atoms with Crippen molar-refractivity contribution in [3.63, 3.8) is 0 Å². The molecule has 13 heavy (non-hydrogen) atoms. The maximum Gasteiger partial charge on any atom is 0.336 e. The molecule has 0 bridgehead atoms. The normalized spacial score (nSPS) is 8.62. The van der Waals surface area contributed by atoms with E-state index in [0.29, 0.717) is 0 Å². The number of hydrogen-bond acceptors (Lipinski definition) is 2. The summed E-state index contributed by atoms with van der Waals surface area (Å²) in [5.41, 5.74) is -0.380. The van der Waals surface area contributed by atoms with E-state index < -0.39 is 11.9 Å². The number of benzene rings is 1. The van der Waals surface area contributed by atoms with E-state index in [-0.39, 0.29) is 30.6 Å². The van der Waals surface area contributed by atoms with E-state index in [1.54, 1.807) is 0 Å². The summed E-state index contributed by atoms with van der Waals surface area (Å²) >= 11 is 0. The fraction of sp³-hybridized carbons (Fsp3) is 0. The first-order chi connectivity index (χ1) is 5.63. The zero-order valence-corrected chi connectivity index (χ0v) is 8.11. The van der Waals surface area contributed by atoms with Gasteiger partial charge in [0.05, 0.1) is 11.1 Å². The monoisotopic (exact) mass is 268 g/mol. The molecule has 4 nitrogen and oxygen atoms in total. The van der Waals surface area contributed by atoms with E-state index in [4.69, 9.17) is 10.2 Å². The maximum atomic E-state index is 10.5. The standard InChI is InChI=1S/C8H6O4.Ru/c9-7(10)5-3-1-2-4-6(5)8(11)12;/h1-4H,(H,9,10)(H,11,12);. The van der Waals surface area contributed by atoms with Gasteiger partial charge < -0.3 is 10.2 Å². The van der Waals surface area contributed by atoms with Gasteiger partial charge in [-0.2, -0.15) is 0 Å². The molecule has 1 rings (SSSR count). The van der Waals surface area contributed by atoms with E-state index in [1.165, 1.54) is 24.3 Å².